The number of hydrogen-bond donors (Lipinski definition) is 0. The van der Waals surface area contributed by atoms with Crippen LogP contribution in [0.4, 0.5) is 0 Å². The van der Waals surface area contributed by atoms with Gasteiger partial charge in [0.25, 0.3) is 0 Å². The monoisotopic (exact) mass is 254 g/mol. The predicted octanol–water partition coefficient (Wildman–Crippen LogP) is 1.68. The molecule has 1 aromatic carbocycles. The number of nitrogens with zero attached hydrogens (tertiary/aromatic N) is 1. The van der Waals surface area contributed by atoms with Crippen molar-refractivity contribution in [1.29, 1.82) is 0 Å². The number of aromatic nitrogens is 1. The third-order valence-electron chi connectivity index (χ3n) is 1.77. The van der Waals surface area contributed by atoms with Gasteiger partial charge in [0.05, 0.1) is 0 Å². The minimum absolute atomic E-state index is 0.245. The van der Waals surface area contributed by atoms with Gasteiger partial charge in [-0.25, -0.2) is 0 Å². The van der Waals surface area contributed by atoms with Crippen LogP contribution in [0.15, 0.2) is 18.2 Å². The minimum atomic E-state index is 0.245. The predicted molar refractivity (Wildman–Crippen MR) is 57.4 cm³/mol. The molecule has 0 saturated heterocycles. The Bertz CT molecular complexity index is 424. The van der Waals surface area contributed by atoms with E-state index in [0.29, 0.717) is 0 Å². The van der Waals surface area contributed by atoms with Gasteiger partial charge >= 0.3 is 87.6 Å². The molecule has 0 bridgehead atoms. The molecule has 1 radical (unpaired) electrons. The Morgan fingerprint density at radius 3 is 3.00 bits per heavy atom. The molecular weight excluding hydrogens is 245 g/mol. The number of thiazole rings is 1. The number of ether oxygens (including phenoxy) is 1. The molecule has 13 heavy (non-hydrogen) atoms. The molecule has 0 aliphatic heterocycles. The summed E-state index contributed by atoms with van der Waals surface area (Å²) in [6, 6.07) is 6.05. The molecule has 0 aliphatic carbocycles. The fraction of sp³-hybridized carbons (Fsp3) is 0.222. The number of hydrogen-bond acceptors (Lipinski definition) is 3. The Labute approximate surface area is 87.6 Å². The summed E-state index contributed by atoms with van der Waals surface area (Å²) in [6.45, 7) is 0. The molecular formula is C9H9AsNOS. The van der Waals surface area contributed by atoms with E-state index < -0.39 is 0 Å². The number of rotatable bonds is 2. The first-order valence-corrected chi connectivity index (χ1v) is 7.51. The summed E-state index contributed by atoms with van der Waals surface area (Å²) in [6.07, 6.45) is 0. The van der Waals surface area contributed by atoms with Gasteiger partial charge in [-0.2, -0.15) is 0 Å². The normalized spacial score (nSPS) is 11.5. The van der Waals surface area contributed by atoms with Crippen molar-refractivity contribution in [3.8, 4) is 5.75 Å². The Balaban J connectivity index is 2.57. The molecule has 2 nitrogen and oxygen atoms in total. The van der Waals surface area contributed by atoms with E-state index in [-0.39, 0.29) is 15.8 Å². The molecule has 4 heteroatoms. The second kappa shape index (κ2) is 3.68. The standard InChI is InChI=1S/C9H9AsNOS/c1-10-9-11-7-5-6(12-2)3-4-8(7)13-9/h3-5H,1-2H3. The maximum absolute atomic E-state index is 5.14. The van der Waals surface area contributed by atoms with Crippen LogP contribution in [-0.4, -0.2) is 27.8 Å². The molecule has 1 aromatic heterocycles. The summed E-state index contributed by atoms with van der Waals surface area (Å²) in [5.41, 5.74) is 3.28. The second-order valence-corrected chi connectivity index (χ2v) is 6.07. The van der Waals surface area contributed by atoms with Crippen LogP contribution >= 0.6 is 11.3 Å². The molecule has 67 valence electrons. The summed E-state index contributed by atoms with van der Waals surface area (Å²) >= 11 is 2.04. The van der Waals surface area contributed by atoms with Crippen LogP contribution in [0.3, 0.4) is 0 Å². The zero-order chi connectivity index (χ0) is 9.26. The van der Waals surface area contributed by atoms with Gasteiger partial charge in [-0.3, -0.25) is 0 Å². The zero-order valence-corrected chi connectivity index (χ0v) is 10.1. The van der Waals surface area contributed by atoms with Crippen molar-refractivity contribution in [3.05, 3.63) is 18.2 Å². The van der Waals surface area contributed by atoms with Crippen molar-refractivity contribution in [2.24, 2.45) is 0 Å². The molecule has 2 rings (SSSR count). The number of methoxy groups -OCH3 is 1. The van der Waals surface area contributed by atoms with Crippen molar-refractivity contribution < 1.29 is 4.74 Å². The van der Waals surface area contributed by atoms with Crippen molar-refractivity contribution >= 4 is 41.1 Å². The topological polar surface area (TPSA) is 22.1 Å². The van der Waals surface area contributed by atoms with E-state index in [2.05, 4.69) is 16.8 Å². The quantitative estimate of drug-likeness (QED) is 0.761. The Morgan fingerprint density at radius 2 is 2.31 bits per heavy atom. The SMILES string of the molecule is COc1ccc2sc([As]C)nc2c1. The molecule has 0 fully saturated rings. The molecule has 0 unspecified atom stereocenters. The molecule has 0 saturated carbocycles. The van der Waals surface area contributed by atoms with E-state index in [0.717, 1.165) is 11.3 Å². The molecule has 1 heterocycles. The van der Waals surface area contributed by atoms with Gasteiger partial charge in [-0.1, -0.05) is 0 Å². The molecule has 0 N–H and O–H groups in total. The first-order chi connectivity index (χ1) is 6.33. The van der Waals surface area contributed by atoms with Crippen LogP contribution < -0.4 is 8.53 Å². The number of benzene rings is 1. The Kier molecular flexibility index (Phi) is 2.56. The summed E-state index contributed by atoms with van der Waals surface area (Å²) in [4.78, 5) is 4.52. The van der Waals surface area contributed by atoms with Crippen molar-refractivity contribution in [1.82, 2.24) is 4.98 Å². The van der Waals surface area contributed by atoms with E-state index in [1.165, 1.54) is 8.50 Å². The fourth-order valence-corrected chi connectivity index (χ4v) is 3.52. The van der Waals surface area contributed by atoms with Crippen LogP contribution in [0, 0.1) is 0 Å². The van der Waals surface area contributed by atoms with Crippen molar-refractivity contribution in [2.45, 2.75) is 5.71 Å². The fourth-order valence-electron chi connectivity index (χ4n) is 1.12. The Hall–Kier alpha value is -0.532. The summed E-state index contributed by atoms with van der Waals surface area (Å²) in [5.74, 6) is 0.886. The van der Waals surface area contributed by atoms with E-state index in [9.17, 15) is 0 Å². The van der Waals surface area contributed by atoms with E-state index in [1.54, 1.807) is 18.4 Å². The van der Waals surface area contributed by atoms with Gasteiger partial charge in [-0.15, -0.1) is 0 Å². The summed E-state index contributed by atoms with van der Waals surface area (Å²) < 4.78 is 7.67. The number of fused-ring (bicyclic) bond motifs is 1. The first kappa shape index (κ1) is 9.04. The van der Waals surface area contributed by atoms with Crippen LogP contribution in [-0.2, 0) is 0 Å². The van der Waals surface area contributed by atoms with Crippen LogP contribution in [0.25, 0.3) is 10.2 Å². The Morgan fingerprint density at radius 1 is 1.46 bits per heavy atom. The van der Waals surface area contributed by atoms with E-state index in [1.807, 2.05) is 12.1 Å². The average Bonchev–Trinajstić information content (AvgIpc) is 2.58. The molecule has 0 spiro atoms. The van der Waals surface area contributed by atoms with Gasteiger partial charge in [0, 0.05) is 0 Å². The third kappa shape index (κ3) is 1.72. The first-order valence-electron chi connectivity index (χ1n) is 3.88. The average molecular weight is 254 g/mol. The molecule has 0 aliphatic rings. The van der Waals surface area contributed by atoms with Gasteiger partial charge in [0.1, 0.15) is 0 Å². The third-order valence-corrected chi connectivity index (χ3v) is 5.15. The summed E-state index contributed by atoms with van der Waals surface area (Å²) in [7, 11) is 1.68. The zero-order valence-electron chi connectivity index (χ0n) is 7.44. The van der Waals surface area contributed by atoms with Gasteiger partial charge in [-0.05, 0) is 0 Å². The second-order valence-electron chi connectivity index (χ2n) is 2.55. The maximum atomic E-state index is 5.14. The van der Waals surface area contributed by atoms with Gasteiger partial charge < -0.3 is 0 Å². The molecule has 0 amide bonds. The van der Waals surface area contributed by atoms with Crippen molar-refractivity contribution in [3.63, 3.8) is 0 Å². The van der Waals surface area contributed by atoms with Crippen LogP contribution in [0.1, 0.15) is 0 Å². The van der Waals surface area contributed by atoms with Crippen molar-refractivity contribution in [2.75, 3.05) is 7.11 Å². The van der Waals surface area contributed by atoms with Crippen LogP contribution in [0.2, 0.25) is 5.71 Å². The molecule has 0 atom stereocenters. The van der Waals surface area contributed by atoms with E-state index >= 15 is 0 Å². The van der Waals surface area contributed by atoms with Crippen LogP contribution in [0.5, 0.6) is 5.75 Å². The van der Waals surface area contributed by atoms with Gasteiger partial charge in [0.2, 0.25) is 0 Å². The summed E-state index contributed by atoms with van der Waals surface area (Å²) in [5, 5.41) is 0. The van der Waals surface area contributed by atoms with E-state index in [4.69, 9.17) is 4.74 Å². The molecule has 2 aromatic rings. The van der Waals surface area contributed by atoms with Gasteiger partial charge in [0.15, 0.2) is 0 Å².